The maximum absolute atomic E-state index is 13.0. The lowest BCUT2D eigenvalue weighted by atomic mass is 10.3. The van der Waals surface area contributed by atoms with Gasteiger partial charge in [0.1, 0.15) is 0 Å². The molecule has 0 radical (unpaired) electrons. The summed E-state index contributed by atoms with van der Waals surface area (Å²) in [7, 11) is 0. The van der Waals surface area contributed by atoms with E-state index in [2.05, 4.69) is 10.3 Å². The number of carbonyl (C=O) groups is 1. The summed E-state index contributed by atoms with van der Waals surface area (Å²) < 4.78 is 26.5. The Bertz CT molecular complexity index is 561. The molecule has 0 aliphatic heterocycles. The maximum atomic E-state index is 13.0. The van der Waals surface area contributed by atoms with Gasteiger partial charge in [-0.1, -0.05) is 11.3 Å². The summed E-state index contributed by atoms with van der Waals surface area (Å²) in [6.07, 6.45) is 1.83. The van der Waals surface area contributed by atoms with E-state index in [-0.39, 0.29) is 11.2 Å². The van der Waals surface area contributed by atoms with Gasteiger partial charge in [-0.3, -0.25) is 4.79 Å². The number of aromatic nitrogens is 1. The highest BCUT2D eigenvalue weighted by molar-refractivity contribution is 7.99. The number of anilines is 1. The number of carbonyl (C=O) groups excluding carboxylic acids is 1. The molecule has 0 fully saturated rings. The molecule has 1 amide bonds. The molecule has 0 saturated heterocycles. The molecule has 0 saturated carbocycles. The zero-order chi connectivity index (χ0) is 13.3. The van der Waals surface area contributed by atoms with Gasteiger partial charge in [0.05, 0.1) is 15.5 Å². The van der Waals surface area contributed by atoms with Crippen LogP contribution in [0.15, 0.2) is 12.1 Å². The van der Waals surface area contributed by atoms with Gasteiger partial charge in [0.25, 0.3) is 0 Å². The van der Waals surface area contributed by atoms with Crippen LogP contribution in [0, 0.1) is 11.6 Å². The summed E-state index contributed by atoms with van der Waals surface area (Å²) in [4.78, 5) is 15.7. The van der Waals surface area contributed by atoms with E-state index in [4.69, 9.17) is 0 Å². The third-order valence-electron chi connectivity index (χ3n) is 2.38. The number of nitrogens with one attached hydrogen (secondary N) is 1. The van der Waals surface area contributed by atoms with Crippen LogP contribution >= 0.6 is 23.1 Å². The standard InChI is InChI=1S/C11H10F2N2OS2/c1-5(17-2)10(16)15-11-14-8-3-6(12)7(13)4-9(8)18-11/h3-5H,1-2H3,(H,14,15,16). The predicted molar refractivity (Wildman–Crippen MR) is 71.1 cm³/mol. The lowest BCUT2D eigenvalue weighted by Gasteiger charge is -2.06. The van der Waals surface area contributed by atoms with Crippen LogP contribution in [0.5, 0.6) is 0 Å². The second-order valence-corrected chi connectivity index (χ2v) is 5.83. The molecule has 2 rings (SSSR count). The summed E-state index contributed by atoms with van der Waals surface area (Å²) in [5, 5.41) is 2.77. The Morgan fingerprint density at radius 1 is 1.44 bits per heavy atom. The van der Waals surface area contributed by atoms with Crippen LogP contribution in [0.2, 0.25) is 0 Å². The zero-order valence-electron chi connectivity index (χ0n) is 9.66. The van der Waals surface area contributed by atoms with Crippen molar-refractivity contribution in [1.82, 2.24) is 4.98 Å². The van der Waals surface area contributed by atoms with Gasteiger partial charge in [-0.2, -0.15) is 11.8 Å². The molecule has 1 aromatic carbocycles. The van der Waals surface area contributed by atoms with Crippen LogP contribution in [-0.2, 0) is 4.79 Å². The van der Waals surface area contributed by atoms with Crippen LogP contribution in [0.25, 0.3) is 10.2 Å². The van der Waals surface area contributed by atoms with Crippen LogP contribution in [-0.4, -0.2) is 22.4 Å². The van der Waals surface area contributed by atoms with E-state index in [1.54, 1.807) is 6.92 Å². The Balaban J connectivity index is 2.28. The molecule has 1 atom stereocenters. The second-order valence-electron chi connectivity index (χ2n) is 3.62. The van der Waals surface area contributed by atoms with Crippen molar-refractivity contribution < 1.29 is 13.6 Å². The third-order valence-corrected chi connectivity index (χ3v) is 4.24. The van der Waals surface area contributed by atoms with E-state index in [0.29, 0.717) is 15.3 Å². The highest BCUT2D eigenvalue weighted by Crippen LogP contribution is 2.28. The van der Waals surface area contributed by atoms with Gasteiger partial charge in [0.2, 0.25) is 5.91 Å². The minimum Gasteiger partial charge on any atom is -0.301 e. The molecule has 18 heavy (non-hydrogen) atoms. The number of halogens is 2. The van der Waals surface area contributed by atoms with Crippen molar-refractivity contribution in [2.75, 3.05) is 11.6 Å². The van der Waals surface area contributed by atoms with Crippen molar-refractivity contribution in [3.8, 4) is 0 Å². The molecule has 1 N–H and O–H groups in total. The number of hydrogen-bond donors (Lipinski definition) is 1. The Morgan fingerprint density at radius 3 is 2.78 bits per heavy atom. The molecule has 2 aromatic rings. The molecular weight excluding hydrogens is 278 g/mol. The number of hydrogen-bond acceptors (Lipinski definition) is 4. The van der Waals surface area contributed by atoms with E-state index in [9.17, 15) is 13.6 Å². The Labute approximate surface area is 111 Å². The second kappa shape index (κ2) is 5.19. The summed E-state index contributed by atoms with van der Waals surface area (Å²) in [5.41, 5.74) is 0.339. The number of thioether (sulfide) groups is 1. The largest absolute Gasteiger partial charge is 0.301 e. The normalized spacial score (nSPS) is 12.7. The SMILES string of the molecule is CSC(C)C(=O)Nc1nc2cc(F)c(F)cc2s1. The number of benzene rings is 1. The zero-order valence-corrected chi connectivity index (χ0v) is 11.3. The number of thiazole rings is 1. The fourth-order valence-corrected chi connectivity index (χ4v) is 2.44. The lowest BCUT2D eigenvalue weighted by molar-refractivity contribution is -0.115. The van der Waals surface area contributed by atoms with Crippen molar-refractivity contribution in [3.05, 3.63) is 23.8 Å². The topological polar surface area (TPSA) is 42.0 Å². The third kappa shape index (κ3) is 2.62. The Hall–Kier alpha value is -1.21. The number of rotatable bonds is 3. The Kier molecular flexibility index (Phi) is 3.82. The first-order chi connectivity index (χ1) is 8.51. The van der Waals surface area contributed by atoms with Crippen LogP contribution < -0.4 is 5.32 Å². The van der Waals surface area contributed by atoms with Crippen molar-refractivity contribution in [1.29, 1.82) is 0 Å². The molecular formula is C11H10F2N2OS2. The summed E-state index contributed by atoms with van der Waals surface area (Å²) in [6.45, 7) is 1.77. The van der Waals surface area contributed by atoms with Crippen LogP contribution in [0.3, 0.4) is 0 Å². The molecule has 1 unspecified atom stereocenters. The molecule has 3 nitrogen and oxygen atoms in total. The number of amides is 1. The molecule has 7 heteroatoms. The molecule has 96 valence electrons. The van der Waals surface area contributed by atoms with Gasteiger partial charge < -0.3 is 5.32 Å². The first kappa shape index (κ1) is 13.2. The van der Waals surface area contributed by atoms with E-state index < -0.39 is 11.6 Å². The quantitative estimate of drug-likeness (QED) is 0.942. The van der Waals surface area contributed by atoms with E-state index in [1.165, 1.54) is 11.8 Å². The van der Waals surface area contributed by atoms with Crippen molar-refractivity contribution in [2.45, 2.75) is 12.2 Å². The summed E-state index contributed by atoms with van der Waals surface area (Å²) in [6, 6.07) is 2.10. The van der Waals surface area contributed by atoms with Crippen LogP contribution in [0.4, 0.5) is 13.9 Å². The van der Waals surface area contributed by atoms with Crippen molar-refractivity contribution in [3.63, 3.8) is 0 Å². The van der Waals surface area contributed by atoms with Gasteiger partial charge in [0, 0.05) is 6.07 Å². The Morgan fingerprint density at radius 2 is 2.11 bits per heavy atom. The van der Waals surface area contributed by atoms with E-state index in [0.717, 1.165) is 23.5 Å². The monoisotopic (exact) mass is 288 g/mol. The fraction of sp³-hybridized carbons (Fsp3) is 0.273. The van der Waals surface area contributed by atoms with Gasteiger partial charge in [-0.15, -0.1) is 0 Å². The predicted octanol–water partition coefficient (Wildman–Crippen LogP) is 3.26. The van der Waals surface area contributed by atoms with Gasteiger partial charge in [-0.25, -0.2) is 13.8 Å². The number of fused-ring (bicyclic) bond motifs is 1. The molecule has 0 spiro atoms. The van der Waals surface area contributed by atoms with Crippen molar-refractivity contribution >= 4 is 44.4 Å². The summed E-state index contributed by atoms with van der Waals surface area (Å²) >= 11 is 2.53. The van der Waals surface area contributed by atoms with Crippen LogP contribution in [0.1, 0.15) is 6.92 Å². The average molecular weight is 288 g/mol. The van der Waals surface area contributed by atoms with E-state index in [1.807, 2.05) is 6.26 Å². The average Bonchev–Trinajstić information content (AvgIpc) is 2.70. The van der Waals surface area contributed by atoms with Gasteiger partial charge in [0.15, 0.2) is 16.8 Å². The highest BCUT2D eigenvalue weighted by atomic mass is 32.2. The van der Waals surface area contributed by atoms with E-state index >= 15 is 0 Å². The molecule has 1 heterocycles. The molecule has 0 aliphatic rings. The molecule has 0 aliphatic carbocycles. The highest BCUT2D eigenvalue weighted by Gasteiger charge is 2.14. The smallest absolute Gasteiger partial charge is 0.238 e. The first-order valence-corrected chi connectivity index (χ1v) is 7.21. The molecule has 1 aromatic heterocycles. The van der Waals surface area contributed by atoms with Gasteiger partial charge >= 0.3 is 0 Å². The fourth-order valence-electron chi connectivity index (χ4n) is 1.29. The first-order valence-electron chi connectivity index (χ1n) is 5.10. The minimum atomic E-state index is -0.942. The maximum Gasteiger partial charge on any atom is 0.238 e. The van der Waals surface area contributed by atoms with Gasteiger partial charge in [-0.05, 0) is 19.2 Å². The minimum absolute atomic E-state index is 0.178. The summed E-state index contributed by atoms with van der Waals surface area (Å²) in [5.74, 6) is -2.04. The van der Waals surface area contributed by atoms with Crippen molar-refractivity contribution in [2.24, 2.45) is 0 Å². The number of nitrogens with zero attached hydrogens (tertiary/aromatic N) is 1. The lowest BCUT2D eigenvalue weighted by Crippen LogP contribution is -2.21. The molecule has 0 bridgehead atoms.